The van der Waals surface area contributed by atoms with Crippen LogP contribution in [-0.4, -0.2) is 20.6 Å². The molecule has 3 aromatic rings. The van der Waals surface area contributed by atoms with Crippen LogP contribution in [0.2, 0.25) is 0 Å². The Morgan fingerprint density at radius 2 is 2.11 bits per heavy atom. The first-order chi connectivity index (χ1) is 12.9. The maximum absolute atomic E-state index is 13.1. The van der Waals surface area contributed by atoms with Crippen molar-refractivity contribution in [3.05, 3.63) is 62.9 Å². The van der Waals surface area contributed by atoms with Crippen molar-refractivity contribution < 1.29 is 14.6 Å². The average Bonchev–Trinajstić information content (AvgIpc) is 3.02. The summed E-state index contributed by atoms with van der Waals surface area (Å²) < 4.78 is 6.74. The first-order valence-corrected chi connectivity index (χ1v) is 9.00. The van der Waals surface area contributed by atoms with Gasteiger partial charge in [0.15, 0.2) is 5.60 Å². The number of hydrogen-bond donors (Lipinski definition) is 1. The summed E-state index contributed by atoms with van der Waals surface area (Å²) in [5.74, 6) is -0.706. The van der Waals surface area contributed by atoms with Crippen molar-refractivity contribution in [2.45, 2.75) is 39.0 Å². The van der Waals surface area contributed by atoms with Crippen LogP contribution in [0.5, 0.6) is 0 Å². The minimum absolute atomic E-state index is 0.111. The molecule has 0 saturated carbocycles. The smallest absolute Gasteiger partial charge is 0.343 e. The summed E-state index contributed by atoms with van der Waals surface area (Å²) in [5.41, 5.74) is 2.97. The van der Waals surface area contributed by atoms with Gasteiger partial charge in [0.2, 0.25) is 0 Å². The second-order valence-corrected chi connectivity index (χ2v) is 7.24. The van der Waals surface area contributed by atoms with Gasteiger partial charge in [0.25, 0.3) is 5.56 Å². The van der Waals surface area contributed by atoms with Gasteiger partial charge in [0.1, 0.15) is 6.61 Å². The second-order valence-electron chi connectivity index (χ2n) is 7.24. The highest BCUT2D eigenvalue weighted by Gasteiger charge is 2.45. The molecule has 0 radical (unpaired) electrons. The molecule has 0 spiro atoms. The molecule has 136 valence electrons. The lowest BCUT2D eigenvalue weighted by Gasteiger charge is -2.31. The zero-order valence-corrected chi connectivity index (χ0v) is 15.1. The van der Waals surface area contributed by atoms with Crippen molar-refractivity contribution in [2.24, 2.45) is 0 Å². The molecule has 1 aromatic carbocycles. The molecule has 0 amide bonds. The van der Waals surface area contributed by atoms with E-state index < -0.39 is 11.6 Å². The normalized spacial score (nSPS) is 20.2. The van der Waals surface area contributed by atoms with E-state index in [1.807, 2.05) is 25.1 Å². The molecule has 2 aliphatic rings. The molecule has 0 aliphatic carbocycles. The van der Waals surface area contributed by atoms with Gasteiger partial charge in [-0.3, -0.25) is 4.79 Å². The Hall–Kier alpha value is -2.99. The molecule has 6 heteroatoms. The minimum Gasteiger partial charge on any atom is -0.458 e. The number of carbonyl (C=O) groups is 1. The number of aryl methyl sites for hydroxylation is 1. The van der Waals surface area contributed by atoms with Crippen molar-refractivity contribution in [1.29, 1.82) is 0 Å². The third-order valence-corrected chi connectivity index (χ3v) is 5.77. The predicted octanol–water partition coefficient (Wildman–Crippen LogP) is 2.39. The summed E-state index contributed by atoms with van der Waals surface area (Å²) >= 11 is 0. The maximum atomic E-state index is 13.1. The lowest BCUT2D eigenvalue weighted by Crippen LogP contribution is -2.44. The number of rotatable bonds is 1. The van der Waals surface area contributed by atoms with Crippen molar-refractivity contribution in [1.82, 2.24) is 9.55 Å². The summed E-state index contributed by atoms with van der Waals surface area (Å²) in [6.45, 7) is 4.05. The third kappa shape index (κ3) is 2.01. The maximum Gasteiger partial charge on any atom is 0.343 e. The van der Waals surface area contributed by atoms with Gasteiger partial charge in [-0.05, 0) is 37.1 Å². The van der Waals surface area contributed by atoms with E-state index >= 15 is 0 Å². The van der Waals surface area contributed by atoms with E-state index in [1.165, 1.54) is 0 Å². The third-order valence-electron chi connectivity index (χ3n) is 5.77. The topological polar surface area (TPSA) is 81.4 Å². The molecular weight excluding hydrogens is 344 g/mol. The van der Waals surface area contributed by atoms with Crippen LogP contribution in [0.25, 0.3) is 22.3 Å². The quantitative estimate of drug-likeness (QED) is 0.526. The number of esters is 1. The van der Waals surface area contributed by atoms with Crippen LogP contribution in [0, 0.1) is 6.92 Å². The Morgan fingerprint density at radius 3 is 2.89 bits per heavy atom. The van der Waals surface area contributed by atoms with E-state index in [1.54, 1.807) is 17.6 Å². The zero-order chi connectivity index (χ0) is 18.9. The van der Waals surface area contributed by atoms with Crippen LogP contribution in [0.4, 0.5) is 0 Å². The molecule has 1 N–H and O–H groups in total. The summed E-state index contributed by atoms with van der Waals surface area (Å²) in [6.07, 6.45) is 0.138. The molecule has 2 aliphatic heterocycles. The number of fused-ring (bicyclic) bond motifs is 5. The number of ether oxygens (including phenoxy) is 1. The van der Waals surface area contributed by atoms with E-state index in [9.17, 15) is 14.7 Å². The van der Waals surface area contributed by atoms with Gasteiger partial charge in [-0.25, -0.2) is 9.78 Å². The van der Waals surface area contributed by atoms with Gasteiger partial charge in [-0.1, -0.05) is 19.1 Å². The predicted molar refractivity (Wildman–Crippen MR) is 99.3 cm³/mol. The van der Waals surface area contributed by atoms with Crippen molar-refractivity contribution in [2.75, 3.05) is 0 Å². The van der Waals surface area contributed by atoms with Gasteiger partial charge in [0.05, 0.1) is 29.0 Å². The molecule has 4 heterocycles. The van der Waals surface area contributed by atoms with Crippen LogP contribution in [0.1, 0.15) is 35.6 Å². The van der Waals surface area contributed by atoms with E-state index in [0.29, 0.717) is 23.4 Å². The zero-order valence-electron chi connectivity index (χ0n) is 15.1. The van der Waals surface area contributed by atoms with E-state index in [2.05, 4.69) is 6.07 Å². The molecule has 2 aromatic heterocycles. The van der Waals surface area contributed by atoms with E-state index in [-0.39, 0.29) is 18.6 Å². The van der Waals surface area contributed by atoms with E-state index in [4.69, 9.17) is 9.72 Å². The lowest BCUT2D eigenvalue weighted by atomic mass is 9.86. The van der Waals surface area contributed by atoms with Crippen LogP contribution in [0.15, 0.2) is 35.1 Å². The summed E-state index contributed by atoms with van der Waals surface area (Å²) in [7, 11) is 0. The van der Waals surface area contributed by atoms with Gasteiger partial charge < -0.3 is 14.4 Å². The Morgan fingerprint density at radius 1 is 1.30 bits per heavy atom. The summed E-state index contributed by atoms with van der Waals surface area (Å²) in [5, 5.41) is 11.9. The molecule has 0 saturated heterocycles. The molecule has 6 nitrogen and oxygen atoms in total. The number of aromatic nitrogens is 2. The molecule has 0 fully saturated rings. The van der Waals surface area contributed by atoms with E-state index in [0.717, 1.165) is 27.7 Å². The first-order valence-electron chi connectivity index (χ1n) is 9.00. The molecule has 1 unspecified atom stereocenters. The molecule has 1 atom stereocenters. The van der Waals surface area contributed by atoms with Gasteiger partial charge in [-0.15, -0.1) is 0 Å². The molecule has 5 rings (SSSR count). The highest BCUT2D eigenvalue weighted by molar-refractivity contribution is 5.87. The minimum atomic E-state index is -1.79. The first kappa shape index (κ1) is 16.2. The number of aliphatic hydroxyl groups is 1. The Balaban J connectivity index is 1.81. The van der Waals surface area contributed by atoms with Gasteiger partial charge in [-0.2, -0.15) is 0 Å². The number of benzene rings is 1. The molecular formula is C21H18N2O4. The number of hydrogen-bond acceptors (Lipinski definition) is 5. The monoisotopic (exact) mass is 362 g/mol. The van der Waals surface area contributed by atoms with Crippen LogP contribution >= 0.6 is 0 Å². The fourth-order valence-corrected chi connectivity index (χ4v) is 4.15. The van der Waals surface area contributed by atoms with Crippen LogP contribution < -0.4 is 5.56 Å². The molecule has 27 heavy (non-hydrogen) atoms. The average molecular weight is 362 g/mol. The summed E-state index contributed by atoms with van der Waals surface area (Å²) in [6, 6.07) is 9.75. The lowest BCUT2D eigenvalue weighted by molar-refractivity contribution is -0.172. The van der Waals surface area contributed by atoms with Crippen molar-refractivity contribution in [3.63, 3.8) is 0 Å². The number of cyclic esters (lactones) is 1. The Labute approximate surface area is 155 Å². The Kier molecular flexibility index (Phi) is 3.16. The van der Waals surface area contributed by atoms with Crippen molar-refractivity contribution >= 4 is 16.9 Å². The SMILES string of the molecule is CCC1(O)C(=O)OCc2c1cc1n(c2=O)Cc2cc3c(C)cccc3nc2-1. The highest BCUT2D eigenvalue weighted by Crippen LogP contribution is 2.38. The Bertz CT molecular complexity index is 1210. The molecule has 0 bridgehead atoms. The van der Waals surface area contributed by atoms with Crippen LogP contribution in [0.3, 0.4) is 0 Å². The number of carbonyl (C=O) groups excluding carboxylic acids is 1. The summed E-state index contributed by atoms with van der Waals surface area (Å²) in [4.78, 5) is 30.0. The van der Waals surface area contributed by atoms with Crippen molar-refractivity contribution in [3.8, 4) is 11.4 Å². The largest absolute Gasteiger partial charge is 0.458 e. The fourth-order valence-electron chi connectivity index (χ4n) is 4.15. The standard InChI is InChI=1S/C21H18N2O4/c1-3-21(26)15-8-17-18-12(7-13-11(2)5-4-6-16(13)22-18)9-23(17)19(24)14(15)10-27-20(21)25/h4-8,26H,3,9-10H2,1-2H3. The fraction of sp³-hybridized carbons (Fsp3) is 0.286. The van der Waals surface area contributed by atoms with Gasteiger partial charge in [0, 0.05) is 16.5 Å². The van der Waals surface area contributed by atoms with Crippen LogP contribution in [-0.2, 0) is 28.3 Å². The van der Waals surface area contributed by atoms with Gasteiger partial charge >= 0.3 is 5.97 Å². The number of pyridine rings is 2. The second kappa shape index (κ2) is 5.27. The number of nitrogens with zero attached hydrogens (tertiary/aromatic N) is 2. The highest BCUT2D eigenvalue weighted by atomic mass is 16.6.